The van der Waals surface area contributed by atoms with Crippen LogP contribution >= 0.6 is 0 Å². The van der Waals surface area contributed by atoms with Crippen molar-refractivity contribution >= 4 is 0 Å². The molecule has 1 fully saturated rings. The van der Waals surface area contributed by atoms with Gasteiger partial charge in [-0.2, -0.15) is 5.10 Å². The van der Waals surface area contributed by atoms with E-state index in [1.165, 1.54) is 12.1 Å². The van der Waals surface area contributed by atoms with Crippen molar-refractivity contribution in [2.24, 2.45) is 0 Å². The van der Waals surface area contributed by atoms with Gasteiger partial charge in [0.25, 0.3) is 0 Å². The Labute approximate surface area is 136 Å². The molecule has 0 spiro atoms. The first-order valence-corrected chi connectivity index (χ1v) is 8.15. The Kier molecular flexibility index (Phi) is 5.35. The first-order valence-electron chi connectivity index (χ1n) is 8.15. The number of hydrogen-bond donors (Lipinski definition) is 0. The van der Waals surface area contributed by atoms with Crippen molar-refractivity contribution in [2.75, 3.05) is 26.3 Å². The third kappa shape index (κ3) is 4.36. The van der Waals surface area contributed by atoms with Crippen molar-refractivity contribution in [2.45, 2.75) is 32.4 Å². The fraction of sp³-hybridized carbons (Fsp3) is 0.529. The number of nitrogens with zero attached hydrogens (tertiary/aromatic N) is 4. The third-order valence-electron chi connectivity index (χ3n) is 4.40. The molecule has 1 saturated heterocycles. The van der Waals surface area contributed by atoms with E-state index in [1.807, 2.05) is 4.68 Å². The molecule has 6 heteroatoms. The highest BCUT2D eigenvalue weighted by atomic mass is 19.1. The van der Waals surface area contributed by atoms with Crippen LogP contribution in [0.5, 0.6) is 0 Å². The average molecular weight is 318 g/mol. The molecular formula is C17H23FN4O. The van der Waals surface area contributed by atoms with E-state index >= 15 is 0 Å². The SMILES string of the molecule is C[C@H](CCc1ncnn1Cc1ccc(F)cc1)N1CCOCC1. The van der Waals surface area contributed by atoms with E-state index in [2.05, 4.69) is 21.9 Å². The highest BCUT2D eigenvalue weighted by molar-refractivity contribution is 5.16. The number of aryl methyl sites for hydroxylation is 1. The summed E-state index contributed by atoms with van der Waals surface area (Å²) in [6.45, 7) is 6.54. The van der Waals surface area contributed by atoms with Gasteiger partial charge in [-0.25, -0.2) is 14.1 Å². The molecule has 0 amide bonds. The minimum absolute atomic E-state index is 0.216. The molecular weight excluding hydrogens is 295 g/mol. The maximum absolute atomic E-state index is 13.0. The highest BCUT2D eigenvalue weighted by Crippen LogP contribution is 2.12. The number of ether oxygens (including phenoxy) is 1. The lowest BCUT2D eigenvalue weighted by atomic mass is 10.1. The molecule has 0 aliphatic carbocycles. The minimum Gasteiger partial charge on any atom is -0.379 e. The third-order valence-corrected chi connectivity index (χ3v) is 4.40. The normalized spacial score (nSPS) is 17.3. The van der Waals surface area contributed by atoms with E-state index in [-0.39, 0.29) is 5.82 Å². The first-order chi connectivity index (χ1) is 11.2. The Bertz CT molecular complexity index is 607. The maximum Gasteiger partial charge on any atom is 0.138 e. The van der Waals surface area contributed by atoms with Crippen LogP contribution in [0.4, 0.5) is 4.39 Å². The van der Waals surface area contributed by atoms with Crippen LogP contribution in [0.25, 0.3) is 0 Å². The van der Waals surface area contributed by atoms with Crippen molar-refractivity contribution in [3.63, 3.8) is 0 Å². The predicted molar refractivity (Wildman–Crippen MR) is 85.7 cm³/mol. The van der Waals surface area contributed by atoms with Crippen LogP contribution in [0, 0.1) is 5.82 Å². The van der Waals surface area contributed by atoms with Gasteiger partial charge in [0.2, 0.25) is 0 Å². The Morgan fingerprint density at radius 1 is 1.22 bits per heavy atom. The smallest absolute Gasteiger partial charge is 0.138 e. The van der Waals surface area contributed by atoms with E-state index in [1.54, 1.807) is 18.5 Å². The van der Waals surface area contributed by atoms with E-state index < -0.39 is 0 Å². The van der Waals surface area contributed by atoms with Gasteiger partial charge < -0.3 is 4.74 Å². The van der Waals surface area contributed by atoms with Gasteiger partial charge in [-0.05, 0) is 31.0 Å². The second kappa shape index (κ2) is 7.66. The molecule has 23 heavy (non-hydrogen) atoms. The van der Waals surface area contributed by atoms with E-state index in [0.717, 1.165) is 50.5 Å². The topological polar surface area (TPSA) is 43.2 Å². The first kappa shape index (κ1) is 16.1. The quantitative estimate of drug-likeness (QED) is 0.818. The van der Waals surface area contributed by atoms with Gasteiger partial charge in [-0.15, -0.1) is 0 Å². The molecule has 0 unspecified atom stereocenters. The molecule has 0 bridgehead atoms. The molecule has 0 saturated carbocycles. The summed E-state index contributed by atoms with van der Waals surface area (Å²) >= 11 is 0. The van der Waals surface area contributed by atoms with Gasteiger partial charge in [0.1, 0.15) is 18.0 Å². The monoisotopic (exact) mass is 318 g/mol. The van der Waals surface area contributed by atoms with Crippen LogP contribution in [0.15, 0.2) is 30.6 Å². The molecule has 1 atom stereocenters. The van der Waals surface area contributed by atoms with E-state index in [9.17, 15) is 4.39 Å². The fourth-order valence-electron chi connectivity index (χ4n) is 2.92. The van der Waals surface area contributed by atoms with Crippen molar-refractivity contribution in [3.05, 3.63) is 47.8 Å². The molecule has 0 N–H and O–H groups in total. The molecule has 0 radical (unpaired) electrons. The summed E-state index contributed by atoms with van der Waals surface area (Å²) in [4.78, 5) is 6.84. The van der Waals surface area contributed by atoms with Gasteiger partial charge in [0.15, 0.2) is 0 Å². The lowest BCUT2D eigenvalue weighted by molar-refractivity contribution is 0.0186. The van der Waals surface area contributed by atoms with E-state index in [4.69, 9.17) is 4.74 Å². The van der Waals surface area contributed by atoms with Gasteiger partial charge in [-0.1, -0.05) is 12.1 Å². The lowest BCUT2D eigenvalue weighted by Gasteiger charge is -2.32. The molecule has 1 aromatic carbocycles. The highest BCUT2D eigenvalue weighted by Gasteiger charge is 2.17. The van der Waals surface area contributed by atoms with Gasteiger partial charge in [-0.3, -0.25) is 4.90 Å². The van der Waals surface area contributed by atoms with Crippen LogP contribution in [0.2, 0.25) is 0 Å². The molecule has 5 nitrogen and oxygen atoms in total. The number of halogens is 1. The molecule has 1 aliphatic heterocycles. The summed E-state index contributed by atoms with van der Waals surface area (Å²) in [5.41, 5.74) is 1.03. The van der Waals surface area contributed by atoms with Crippen LogP contribution < -0.4 is 0 Å². The van der Waals surface area contributed by atoms with Crippen molar-refractivity contribution in [1.29, 1.82) is 0 Å². The second-order valence-corrected chi connectivity index (χ2v) is 6.00. The largest absolute Gasteiger partial charge is 0.379 e. The Morgan fingerprint density at radius 2 is 1.96 bits per heavy atom. The summed E-state index contributed by atoms with van der Waals surface area (Å²) in [5, 5.41) is 4.30. The molecule has 1 aromatic heterocycles. The number of aromatic nitrogens is 3. The minimum atomic E-state index is -0.216. The van der Waals surface area contributed by atoms with E-state index in [0.29, 0.717) is 12.6 Å². The number of benzene rings is 1. The van der Waals surface area contributed by atoms with Crippen LogP contribution in [-0.2, 0) is 17.7 Å². The second-order valence-electron chi connectivity index (χ2n) is 6.00. The summed E-state index contributed by atoms with van der Waals surface area (Å²) in [6.07, 6.45) is 3.53. The Morgan fingerprint density at radius 3 is 2.70 bits per heavy atom. The Hall–Kier alpha value is -1.79. The number of hydrogen-bond acceptors (Lipinski definition) is 4. The molecule has 2 aromatic rings. The number of rotatable bonds is 6. The summed E-state index contributed by atoms with van der Waals surface area (Å²) < 4.78 is 20.3. The van der Waals surface area contributed by atoms with Gasteiger partial charge >= 0.3 is 0 Å². The molecule has 1 aliphatic rings. The van der Waals surface area contributed by atoms with Gasteiger partial charge in [0.05, 0.1) is 19.8 Å². The molecule has 3 rings (SSSR count). The van der Waals surface area contributed by atoms with Crippen LogP contribution in [-0.4, -0.2) is 52.0 Å². The summed E-state index contributed by atoms with van der Waals surface area (Å²) in [6, 6.07) is 7.04. The Balaban J connectivity index is 1.56. The average Bonchev–Trinajstić information content (AvgIpc) is 3.02. The molecule has 124 valence electrons. The zero-order valence-electron chi connectivity index (χ0n) is 13.5. The van der Waals surface area contributed by atoms with Crippen molar-refractivity contribution in [1.82, 2.24) is 19.7 Å². The van der Waals surface area contributed by atoms with Crippen molar-refractivity contribution < 1.29 is 9.13 Å². The summed E-state index contributed by atoms with van der Waals surface area (Å²) in [7, 11) is 0. The maximum atomic E-state index is 13.0. The zero-order valence-corrected chi connectivity index (χ0v) is 13.5. The fourth-order valence-corrected chi connectivity index (χ4v) is 2.92. The van der Waals surface area contributed by atoms with Crippen LogP contribution in [0.3, 0.4) is 0 Å². The zero-order chi connectivity index (χ0) is 16.1. The van der Waals surface area contributed by atoms with Crippen molar-refractivity contribution in [3.8, 4) is 0 Å². The van der Waals surface area contributed by atoms with Gasteiger partial charge in [0, 0.05) is 25.6 Å². The predicted octanol–water partition coefficient (Wildman–Crippen LogP) is 2.12. The lowest BCUT2D eigenvalue weighted by Crippen LogP contribution is -2.42. The standard InChI is InChI=1S/C17H23FN4O/c1-14(21-8-10-23-11-9-21)2-7-17-19-13-20-22(17)12-15-3-5-16(18)6-4-15/h3-6,13-14H,2,7-12H2,1H3/t14-/m1/s1. The summed E-state index contributed by atoms with van der Waals surface area (Å²) in [5.74, 6) is 0.765. The molecule has 2 heterocycles. The van der Waals surface area contributed by atoms with Crippen LogP contribution in [0.1, 0.15) is 24.7 Å². The number of morpholine rings is 1.